The number of pyridine rings is 1. The molecule has 0 bridgehead atoms. The monoisotopic (exact) mass is 261 g/mol. The Morgan fingerprint density at radius 1 is 1.37 bits per heavy atom. The van der Waals surface area contributed by atoms with Crippen LogP contribution >= 0.6 is 0 Å². The van der Waals surface area contributed by atoms with Crippen molar-refractivity contribution in [2.24, 2.45) is 0 Å². The minimum Gasteiger partial charge on any atom is -0.496 e. The Hall–Kier alpha value is -1.95. The molecule has 0 amide bonds. The average Bonchev–Trinajstić information content (AvgIpc) is 2.90. The van der Waals surface area contributed by atoms with Gasteiger partial charge in [0.15, 0.2) is 0 Å². The number of hydrogen-bond acceptors (Lipinski definition) is 5. The van der Waals surface area contributed by atoms with Crippen LogP contribution in [0, 0.1) is 13.8 Å². The summed E-state index contributed by atoms with van der Waals surface area (Å²) in [5.41, 5.74) is 3.17. The van der Waals surface area contributed by atoms with Gasteiger partial charge in [0.2, 0.25) is 0 Å². The molecule has 2 aromatic rings. The van der Waals surface area contributed by atoms with Crippen LogP contribution in [0.2, 0.25) is 0 Å². The minimum atomic E-state index is 0.719. The number of rotatable bonds is 6. The molecule has 0 unspecified atom stereocenters. The van der Waals surface area contributed by atoms with E-state index in [1.165, 1.54) is 0 Å². The predicted molar refractivity (Wildman–Crippen MR) is 72.0 cm³/mol. The van der Waals surface area contributed by atoms with Crippen molar-refractivity contribution in [3.05, 3.63) is 35.4 Å². The van der Waals surface area contributed by atoms with E-state index in [-0.39, 0.29) is 0 Å². The Labute approximate surface area is 112 Å². The lowest BCUT2D eigenvalue weighted by Crippen LogP contribution is -2.21. The number of hydrogen-bond donors (Lipinski definition) is 1. The van der Waals surface area contributed by atoms with Gasteiger partial charge in [-0.05, 0) is 13.8 Å². The zero-order valence-electron chi connectivity index (χ0n) is 11.6. The summed E-state index contributed by atoms with van der Waals surface area (Å²) in [5, 5.41) is 11.0. The van der Waals surface area contributed by atoms with Crippen LogP contribution in [-0.4, -0.2) is 33.6 Å². The molecule has 0 saturated heterocycles. The molecule has 0 aliphatic heterocycles. The van der Waals surface area contributed by atoms with E-state index in [1.807, 2.05) is 26.2 Å². The summed E-state index contributed by atoms with van der Waals surface area (Å²) >= 11 is 0. The summed E-state index contributed by atoms with van der Waals surface area (Å²) in [6.07, 6.45) is 5.37. The molecule has 0 saturated carbocycles. The molecule has 0 spiro atoms. The van der Waals surface area contributed by atoms with Crippen LogP contribution in [0.4, 0.5) is 0 Å². The first-order valence-electron chi connectivity index (χ1n) is 6.26. The van der Waals surface area contributed by atoms with Crippen molar-refractivity contribution in [3.63, 3.8) is 0 Å². The molecule has 0 aromatic carbocycles. The molecule has 1 N–H and O–H groups in total. The number of aryl methyl sites for hydroxylation is 1. The van der Waals surface area contributed by atoms with E-state index in [4.69, 9.17) is 4.74 Å². The highest BCUT2D eigenvalue weighted by Crippen LogP contribution is 2.23. The topological polar surface area (TPSA) is 64.9 Å². The van der Waals surface area contributed by atoms with Crippen molar-refractivity contribution < 1.29 is 4.74 Å². The molecule has 0 aliphatic rings. The average molecular weight is 261 g/mol. The molecule has 2 rings (SSSR count). The van der Waals surface area contributed by atoms with Crippen molar-refractivity contribution in [3.8, 4) is 5.75 Å². The van der Waals surface area contributed by atoms with Gasteiger partial charge in [-0.25, -0.2) is 0 Å². The Morgan fingerprint density at radius 3 is 2.89 bits per heavy atom. The predicted octanol–water partition coefficient (Wildman–Crippen LogP) is 1.09. The molecule has 0 atom stereocenters. The van der Waals surface area contributed by atoms with Crippen LogP contribution in [-0.2, 0) is 13.1 Å². The van der Waals surface area contributed by atoms with Gasteiger partial charge in [0.05, 0.1) is 25.5 Å². The molecule has 0 aliphatic carbocycles. The summed E-state index contributed by atoms with van der Waals surface area (Å²) in [5.74, 6) is 0.920. The van der Waals surface area contributed by atoms with Gasteiger partial charge in [-0.2, -0.15) is 0 Å². The van der Waals surface area contributed by atoms with Gasteiger partial charge in [0.25, 0.3) is 0 Å². The summed E-state index contributed by atoms with van der Waals surface area (Å²) in [6.45, 7) is 6.37. The van der Waals surface area contributed by atoms with E-state index < -0.39 is 0 Å². The van der Waals surface area contributed by atoms with E-state index in [1.54, 1.807) is 18.0 Å². The Bertz CT molecular complexity index is 524. The van der Waals surface area contributed by atoms with Crippen molar-refractivity contribution in [2.75, 3.05) is 13.7 Å². The lowest BCUT2D eigenvalue weighted by atomic mass is 10.1. The highest BCUT2D eigenvalue weighted by atomic mass is 16.5. The van der Waals surface area contributed by atoms with Crippen molar-refractivity contribution in [1.29, 1.82) is 0 Å². The van der Waals surface area contributed by atoms with Gasteiger partial charge in [0, 0.05) is 36.6 Å². The zero-order chi connectivity index (χ0) is 13.7. The molecule has 0 radical (unpaired) electrons. The van der Waals surface area contributed by atoms with Crippen LogP contribution in [0.5, 0.6) is 5.75 Å². The quantitative estimate of drug-likeness (QED) is 0.788. The molecular formula is C13H19N5O. The fraction of sp³-hybridized carbons (Fsp3) is 0.462. The smallest absolute Gasteiger partial charge is 0.128 e. The van der Waals surface area contributed by atoms with E-state index in [2.05, 4.69) is 20.6 Å². The van der Waals surface area contributed by atoms with Crippen molar-refractivity contribution in [2.45, 2.75) is 26.9 Å². The fourth-order valence-corrected chi connectivity index (χ4v) is 2.00. The third kappa shape index (κ3) is 3.29. The maximum absolute atomic E-state index is 5.39. The van der Waals surface area contributed by atoms with E-state index in [0.717, 1.165) is 42.2 Å². The van der Waals surface area contributed by atoms with Gasteiger partial charge in [-0.15, -0.1) is 5.10 Å². The summed E-state index contributed by atoms with van der Waals surface area (Å²) in [6, 6.07) is 0. The molecule has 2 aromatic heterocycles. The SMILES string of the molecule is COc1c(C)cnc(CNCCn2ccnn2)c1C. The second-order valence-corrected chi connectivity index (χ2v) is 4.39. The summed E-state index contributed by atoms with van der Waals surface area (Å²) < 4.78 is 7.19. The first-order chi connectivity index (χ1) is 9.22. The van der Waals surface area contributed by atoms with Crippen molar-refractivity contribution >= 4 is 0 Å². The lowest BCUT2D eigenvalue weighted by molar-refractivity contribution is 0.406. The van der Waals surface area contributed by atoms with Gasteiger partial charge >= 0.3 is 0 Å². The number of aromatic nitrogens is 4. The molecule has 102 valence electrons. The number of methoxy groups -OCH3 is 1. The van der Waals surface area contributed by atoms with E-state index in [0.29, 0.717) is 0 Å². The maximum atomic E-state index is 5.39. The van der Waals surface area contributed by atoms with Crippen LogP contribution < -0.4 is 10.1 Å². The maximum Gasteiger partial charge on any atom is 0.128 e. The van der Waals surface area contributed by atoms with Gasteiger partial charge in [-0.3, -0.25) is 9.67 Å². The molecule has 6 nitrogen and oxygen atoms in total. The molecule has 6 heteroatoms. The number of nitrogens with zero attached hydrogens (tertiary/aromatic N) is 4. The van der Waals surface area contributed by atoms with Crippen molar-refractivity contribution in [1.82, 2.24) is 25.3 Å². The second kappa shape index (κ2) is 6.29. The molecule has 2 heterocycles. The Balaban J connectivity index is 1.89. The fourth-order valence-electron chi connectivity index (χ4n) is 2.00. The second-order valence-electron chi connectivity index (χ2n) is 4.39. The third-order valence-electron chi connectivity index (χ3n) is 3.03. The largest absolute Gasteiger partial charge is 0.496 e. The van der Waals surface area contributed by atoms with Gasteiger partial charge in [-0.1, -0.05) is 5.21 Å². The van der Waals surface area contributed by atoms with Crippen LogP contribution in [0.1, 0.15) is 16.8 Å². The Morgan fingerprint density at radius 2 is 2.21 bits per heavy atom. The van der Waals surface area contributed by atoms with Gasteiger partial charge in [0.1, 0.15) is 5.75 Å². The highest BCUT2D eigenvalue weighted by molar-refractivity contribution is 5.40. The Kier molecular flexibility index (Phi) is 4.46. The molecule has 0 fully saturated rings. The summed E-state index contributed by atoms with van der Waals surface area (Å²) in [7, 11) is 1.69. The normalized spacial score (nSPS) is 10.7. The van der Waals surface area contributed by atoms with Crippen LogP contribution in [0.3, 0.4) is 0 Å². The van der Waals surface area contributed by atoms with E-state index in [9.17, 15) is 0 Å². The highest BCUT2D eigenvalue weighted by Gasteiger charge is 2.08. The summed E-state index contributed by atoms with van der Waals surface area (Å²) in [4.78, 5) is 4.44. The minimum absolute atomic E-state index is 0.719. The van der Waals surface area contributed by atoms with Crippen LogP contribution in [0.15, 0.2) is 18.6 Å². The van der Waals surface area contributed by atoms with Crippen LogP contribution in [0.25, 0.3) is 0 Å². The molecular weight excluding hydrogens is 242 g/mol. The lowest BCUT2D eigenvalue weighted by Gasteiger charge is -2.12. The molecule has 19 heavy (non-hydrogen) atoms. The van der Waals surface area contributed by atoms with Gasteiger partial charge < -0.3 is 10.1 Å². The first kappa shape index (κ1) is 13.5. The third-order valence-corrected chi connectivity index (χ3v) is 3.03. The van der Waals surface area contributed by atoms with E-state index >= 15 is 0 Å². The number of nitrogens with one attached hydrogen (secondary N) is 1. The zero-order valence-corrected chi connectivity index (χ0v) is 11.6. The first-order valence-corrected chi connectivity index (χ1v) is 6.26. The number of ether oxygens (including phenoxy) is 1. The standard InChI is InChI=1S/C13H19N5O/c1-10-8-15-12(11(2)13(10)19-3)9-14-4-6-18-7-5-16-17-18/h5,7-8,14H,4,6,9H2,1-3H3.